The number of carbonyl (C=O) groups is 3. The molecule has 0 bridgehead atoms. The lowest BCUT2D eigenvalue weighted by Gasteiger charge is -2.13. The van der Waals surface area contributed by atoms with Crippen molar-refractivity contribution in [1.29, 1.82) is 0 Å². The van der Waals surface area contributed by atoms with Crippen molar-refractivity contribution in [2.24, 2.45) is 0 Å². The Bertz CT molecular complexity index is 1100. The number of carbonyl (C=O) groups excluding carboxylic acids is 3. The Hall–Kier alpha value is -2.30. The molecule has 2 aromatic rings. The monoisotopic (exact) mass is 484 g/mol. The maximum Gasteiger partial charge on any atom is 0.338 e. The highest BCUT2D eigenvalue weighted by molar-refractivity contribution is 9.10. The minimum absolute atomic E-state index is 0.00904. The third-order valence-electron chi connectivity index (χ3n) is 4.33. The first kappa shape index (κ1) is 23.0. The number of nitrogens with zero attached hydrogens (tertiary/aromatic N) is 1. The summed E-state index contributed by atoms with van der Waals surface area (Å²) in [6.07, 6.45) is 0. The molecule has 0 saturated carbocycles. The summed E-state index contributed by atoms with van der Waals surface area (Å²) in [6, 6.07) is 4.00. The maximum atomic E-state index is 12.4. The van der Waals surface area contributed by atoms with Gasteiger partial charge in [-0.05, 0) is 60.5 Å². The number of nitrogens with one attached hydrogen (secondary N) is 1. The van der Waals surface area contributed by atoms with Gasteiger partial charge in [-0.25, -0.2) is 17.5 Å². The molecule has 0 aliphatic heterocycles. The Labute approximate surface area is 177 Å². The Morgan fingerprint density at radius 1 is 1.17 bits per heavy atom. The smallest absolute Gasteiger partial charge is 0.338 e. The van der Waals surface area contributed by atoms with Gasteiger partial charge in [0.05, 0.1) is 16.2 Å². The second-order valence-corrected chi connectivity index (χ2v) is 9.59. The largest absolute Gasteiger partial charge is 0.454 e. The molecule has 0 radical (unpaired) electrons. The molecule has 0 amide bonds. The minimum atomic E-state index is -3.78. The number of halogens is 1. The van der Waals surface area contributed by atoms with Gasteiger partial charge in [0.2, 0.25) is 15.8 Å². The average Bonchev–Trinajstić information content (AvgIpc) is 2.93. The second kappa shape index (κ2) is 8.60. The maximum absolute atomic E-state index is 12.4. The van der Waals surface area contributed by atoms with E-state index in [0.717, 1.165) is 4.31 Å². The predicted octanol–water partition coefficient (Wildman–Crippen LogP) is 2.89. The van der Waals surface area contributed by atoms with E-state index in [4.69, 9.17) is 4.74 Å². The molecular weight excluding hydrogens is 464 g/mol. The molecule has 0 atom stereocenters. The Morgan fingerprint density at radius 3 is 2.31 bits per heavy atom. The fourth-order valence-corrected chi connectivity index (χ4v) is 4.71. The fourth-order valence-electron chi connectivity index (χ4n) is 2.87. The molecule has 29 heavy (non-hydrogen) atoms. The molecule has 8 nitrogen and oxygen atoms in total. The van der Waals surface area contributed by atoms with Crippen LogP contribution in [0, 0.1) is 13.8 Å². The van der Waals surface area contributed by atoms with Crippen molar-refractivity contribution in [3.63, 3.8) is 0 Å². The van der Waals surface area contributed by atoms with Crippen LogP contribution in [0.4, 0.5) is 0 Å². The Kier molecular flexibility index (Phi) is 6.82. The summed E-state index contributed by atoms with van der Waals surface area (Å²) in [4.78, 5) is 39.2. The molecular formula is C19H21BrN2O6S. The summed E-state index contributed by atoms with van der Waals surface area (Å²) in [5.74, 6) is -1.50. The highest BCUT2D eigenvalue weighted by Crippen LogP contribution is 2.26. The lowest BCUT2D eigenvalue weighted by molar-refractivity contribution is 0.0473. The molecule has 0 saturated heterocycles. The van der Waals surface area contributed by atoms with Gasteiger partial charge in [0.15, 0.2) is 12.4 Å². The summed E-state index contributed by atoms with van der Waals surface area (Å²) < 4.78 is 31.1. The number of rotatable bonds is 7. The molecule has 10 heteroatoms. The lowest BCUT2D eigenvalue weighted by Crippen LogP contribution is -2.23. The fraction of sp³-hybridized carbons (Fsp3) is 0.316. The molecule has 0 fully saturated rings. The zero-order chi connectivity index (χ0) is 22.1. The zero-order valence-electron chi connectivity index (χ0n) is 16.6. The van der Waals surface area contributed by atoms with Crippen molar-refractivity contribution in [2.45, 2.75) is 25.7 Å². The van der Waals surface area contributed by atoms with E-state index in [-0.39, 0.29) is 21.9 Å². The zero-order valence-corrected chi connectivity index (χ0v) is 19.0. The number of ether oxygens (including phenoxy) is 1. The van der Waals surface area contributed by atoms with Gasteiger partial charge >= 0.3 is 5.97 Å². The molecule has 2 rings (SSSR count). The number of hydrogen-bond acceptors (Lipinski definition) is 6. The van der Waals surface area contributed by atoms with Crippen LogP contribution in [-0.2, 0) is 14.8 Å². The lowest BCUT2D eigenvalue weighted by atomic mass is 10.1. The van der Waals surface area contributed by atoms with Crippen LogP contribution in [0.5, 0.6) is 0 Å². The number of aryl methyl sites for hydroxylation is 1. The van der Waals surface area contributed by atoms with E-state index in [9.17, 15) is 22.8 Å². The van der Waals surface area contributed by atoms with E-state index in [1.54, 1.807) is 13.8 Å². The molecule has 0 aliphatic carbocycles. The topological polar surface area (TPSA) is 114 Å². The van der Waals surface area contributed by atoms with Crippen molar-refractivity contribution in [1.82, 2.24) is 9.29 Å². The number of esters is 1. The average molecular weight is 485 g/mol. The van der Waals surface area contributed by atoms with Gasteiger partial charge in [-0.2, -0.15) is 0 Å². The number of ketones is 2. The highest BCUT2D eigenvalue weighted by atomic mass is 79.9. The summed E-state index contributed by atoms with van der Waals surface area (Å²) in [6.45, 7) is 4.18. The van der Waals surface area contributed by atoms with Gasteiger partial charge in [0.25, 0.3) is 0 Å². The van der Waals surface area contributed by atoms with E-state index in [1.165, 1.54) is 39.2 Å². The van der Waals surface area contributed by atoms with Crippen LogP contribution in [0.1, 0.15) is 49.4 Å². The summed E-state index contributed by atoms with van der Waals surface area (Å²) >= 11 is 3.16. The Morgan fingerprint density at radius 2 is 1.79 bits per heavy atom. The SMILES string of the molecule is CC(=O)c1c(C)[nH]c(C(=O)COC(=O)c2ccc(Br)c(S(=O)(=O)N(C)C)c2)c1C. The van der Waals surface area contributed by atoms with Crippen molar-refractivity contribution in [3.8, 4) is 0 Å². The van der Waals surface area contributed by atoms with Crippen molar-refractivity contribution in [2.75, 3.05) is 20.7 Å². The third kappa shape index (κ3) is 4.65. The first-order chi connectivity index (χ1) is 13.4. The molecule has 1 N–H and O–H groups in total. The van der Waals surface area contributed by atoms with Crippen LogP contribution in [0.2, 0.25) is 0 Å². The first-order valence-electron chi connectivity index (χ1n) is 8.50. The number of hydrogen-bond donors (Lipinski definition) is 1. The van der Waals surface area contributed by atoms with Crippen LogP contribution >= 0.6 is 15.9 Å². The second-order valence-electron chi connectivity index (χ2n) is 6.61. The van der Waals surface area contributed by atoms with Gasteiger partial charge in [0, 0.05) is 29.8 Å². The number of aromatic nitrogens is 1. The first-order valence-corrected chi connectivity index (χ1v) is 10.7. The standard InChI is InChI=1S/C19H21BrN2O6S/c1-10-17(12(3)23)11(2)21-18(10)15(24)9-28-19(25)13-6-7-14(20)16(8-13)29(26,27)22(4)5/h6-8,21H,9H2,1-5H3. The van der Waals surface area contributed by atoms with Crippen LogP contribution in [0.25, 0.3) is 0 Å². The van der Waals surface area contributed by atoms with Gasteiger partial charge in [-0.15, -0.1) is 0 Å². The van der Waals surface area contributed by atoms with Crippen molar-refractivity contribution < 1.29 is 27.5 Å². The molecule has 1 aromatic carbocycles. The number of benzene rings is 1. The van der Waals surface area contributed by atoms with Crippen molar-refractivity contribution >= 4 is 43.5 Å². The summed E-state index contributed by atoms with van der Waals surface area (Å²) in [7, 11) is -1.03. The number of aromatic amines is 1. The molecule has 0 aliphatic rings. The highest BCUT2D eigenvalue weighted by Gasteiger charge is 2.24. The van der Waals surface area contributed by atoms with E-state index < -0.39 is 28.4 Å². The summed E-state index contributed by atoms with van der Waals surface area (Å²) in [5, 5.41) is 0. The third-order valence-corrected chi connectivity index (χ3v) is 7.14. The predicted molar refractivity (Wildman–Crippen MR) is 110 cm³/mol. The van der Waals surface area contributed by atoms with Crippen LogP contribution in [-0.4, -0.2) is 55.9 Å². The number of Topliss-reactive ketones (excluding diaryl/α,β-unsaturated/α-hetero) is 2. The van der Waals surface area contributed by atoms with Gasteiger partial charge < -0.3 is 9.72 Å². The van der Waals surface area contributed by atoms with E-state index in [2.05, 4.69) is 20.9 Å². The van der Waals surface area contributed by atoms with Gasteiger partial charge in [-0.3, -0.25) is 9.59 Å². The van der Waals surface area contributed by atoms with Gasteiger partial charge in [-0.1, -0.05) is 0 Å². The Balaban J connectivity index is 2.21. The summed E-state index contributed by atoms with van der Waals surface area (Å²) in [5.41, 5.74) is 1.69. The normalized spacial score (nSPS) is 11.6. The minimum Gasteiger partial charge on any atom is -0.454 e. The molecule has 0 unspecified atom stereocenters. The molecule has 156 valence electrons. The van der Waals surface area contributed by atoms with Crippen LogP contribution < -0.4 is 0 Å². The molecule has 0 spiro atoms. The number of sulfonamides is 1. The quantitative estimate of drug-likeness (QED) is 0.477. The van der Waals surface area contributed by atoms with Gasteiger partial charge in [0.1, 0.15) is 0 Å². The number of H-pyrrole nitrogens is 1. The molecule has 1 heterocycles. The van der Waals surface area contributed by atoms with E-state index in [1.807, 2.05) is 0 Å². The van der Waals surface area contributed by atoms with Crippen molar-refractivity contribution in [3.05, 3.63) is 50.8 Å². The molecule has 1 aromatic heterocycles. The van der Waals surface area contributed by atoms with E-state index in [0.29, 0.717) is 21.3 Å². The van der Waals surface area contributed by atoms with Crippen LogP contribution in [0.3, 0.4) is 0 Å². The van der Waals surface area contributed by atoms with Crippen LogP contribution in [0.15, 0.2) is 27.6 Å². The van der Waals surface area contributed by atoms with E-state index >= 15 is 0 Å².